The Morgan fingerprint density at radius 2 is 1.83 bits per heavy atom. The van der Waals surface area contributed by atoms with Crippen LogP contribution in [0, 0.1) is 11.7 Å². The van der Waals surface area contributed by atoms with Crippen LogP contribution in [0.1, 0.15) is 32.8 Å². The van der Waals surface area contributed by atoms with Gasteiger partial charge in [0.15, 0.2) is 0 Å². The van der Waals surface area contributed by atoms with Crippen LogP contribution < -0.4 is 0 Å². The Labute approximate surface area is 169 Å². The molecule has 0 N–H and O–H groups in total. The number of rotatable bonds is 4. The smallest absolute Gasteiger partial charge is 0.417 e. The Kier molecular flexibility index (Phi) is 5.82. The molecule has 1 aliphatic heterocycles. The van der Waals surface area contributed by atoms with E-state index in [0.717, 1.165) is 16.0 Å². The normalized spacial score (nSPS) is 19.3. The average Bonchev–Trinajstić information content (AvgIpc) is 2.97. The number of likely N-dealkylation sites (tertiary alicyclic amines) is 1. The minimum absolute atomic E-state index is 0.261. The molecule has 2 unspecified atom stereocenters. The molecule has 2 amide bonds. The Hall–Kier alpha value is -3.02. The molecular formula is C23H24FNO4. The summed E-state index contributed by atoms with van der Waals surface area (Å²) >= 11 is 0. The summed E-state index contributed by atoms with van der Waals surface area (Å²) in [5.74, 6) is -1.67. The van der Waals surface area contributed by atoms with Gasteiger partial charge < -0.3 is 9.53 Å². The number of amides is 2. The third-order valence-corrected chi connectivity index (χ3v) is 4.81. The highest BCUT2D eigenvalue weighted by Crippen LogP contribution is 2.29. The maximum atomic E-state index is 14.0. The van der Waals surface area contributed by atoms with Crippen molar-refractivity contribution in [2.45, 2.75) is 45.3 Å². The molecule has 1 heterocycles. The lowest BCUT2D eigenvalue weighted by atomic mass is 9.98. The molecule has 0 aliphatic carbocycles. The van der Waals surface area contributed by atoms with Crippen LogP contribution in [0.5, 0.6) is 0 Å². The van der Waals surface area contributed by atoms with E-state index < -0.39 is 29.6 Å². The molecule has 2 aromatic rings. The molecule has 2 atom stereocenters. The van der Waals surface area contributed by atoms with Crippen LogP contribution in [0.3, 0.4) is 0 Å². The first-order valence-corrected chi connectivity index (χ1v) is 9.55. The van der Waals surface area contributed by atoms with Gasteiger partial charge in [-0.05, 0) is 50.8 Å². The molecule has 0 aromatic heterocycles. The van der Waals surface area contributed by atoms with Gasteiger partial charge >= 0.3 is 6.09 Å². The first-order chi connectivity index (χ1) is 13.7. The number of hydrogen-bond acceptors (Lipinski definition) is 4. The van der Waals surface area contributed by atoms with Crippen molar-refractivity contribution >= 4 is 18.3 Å². The zero-order chi connectivity index (χ0) is 21.2. The number of carbonyl (C=O) groups excluding carboxylic acids is 3. The first-order valence-electron chi connectivity index (χ1n) is 9.55. The summed E-state index contributed by atoms with van der Waals surface area (Å²) in [5, 5.41) is 0. The van der Waals surface area contributed by atoms with Crippen molar-refractivity contribution in [3.63, 3.8) is 0 Å². The molecule has 0 spiro atoms. The number of imide groups is 1. The molecule has 2 aromatic carbocycles. The molecule has 3 rings (SSSR count). The molecule has 1 fully saturated rings. The summed E-state index contributed by atoms with van der Waals surface area (Å²) in [5.41, 5.74) is 1.38. The molecule has 6 heteroatoms. The second kappa shape index (κ2) is 8.15. The molecule has 152 valence electrons. The van der Waals surface area contributed by atoms with Gasteiger partial charge in [0.2, 0.25) is 5.91 Å². The van der Waals surface area contributed by atoms with Gasteiger partial charge in [-0.3, -0.25) is 4.79 Å². The van der Waals surface area contributed by atoms with Crippen LogP contribution in [-0.4, -0.2) is 34.8 Å². The number of aldehydes is 1. The van der Waals surface area contributed by atoms with E-state index >= 15 is 0 Å². The van der Waals surface area contributed by atoms with Crippen LogP contribution in [0.15, 0.2) is 48.5 Å². The van der Waals surface area contributed by atoms with Crippen LogP contribution in [-0.2, 0) is 20.7 Å². The minimum atomic E-state index is -0.842. The lowest BCUT2D eigenvalue weighted by molar-refractivity contribution is -0.133. The lowest BCUT2D eigenvalue weighted by Crippen LogP contribution is -2.43. The number of hydrogen-bond donors (Lipinski definition) is 0. The molecule has 5 nitrogen and oxygen atoms in total. The van der Waals surface area contributed by atoms with Crippen LogP contribution in [0.2, 0.25) is 0 Å². The van der Waals surface area contributed by atoms with Crippen molar-refractivity contribution in [2.24, 2.45) is 5.92 Å². The van der Waals surface area contributed by atoms with E-state index in [1.807, 2.05) is 12.1 Å². The molecule has 29 heavy (non-hydrogen) atoms. The lowest BCUT2D eigenvalue weighted by Gasteiger charge is -2.27. The summed E-state index contributed by atoms with van der Waals surface area (Å²) in [6.45, 7) is 5.16. The van der Waals surface area contributed by atoms with Crippen LogP contribution in [0.25, 0.3) is 11.1 Å². The van der Waals surface area contributed by atoms with Gasteiger partial charge in [0, 0.05) is 11.6 Å². The van der Waals surface area contributed by atoms with E-state index in [9.17, 15) is 18.8 Å². The summed E-state index contributed by atoms with van der Waals surface area (Å²) < 4.78 is 19.3. The van der Waals surface area contributed by atoms with E-state index in [1.165, 1.54) is 6.07 Å². The van der Waals surface area contributed by atoms with E-state index in [1.54, 1.807) is 51.1 Å². The number of carbonyl (C=O) groups is 3. The second-order valence-corrected chi connectivity index (χ2v) is 8.20. The molecular weight excluding hydrogens is 373 g/mol. The maximum absolute atomic E-state index is 14.0. The Morgan fingerprint density at radius 1 is 1.17 bits per heavy atom. The Morgan fingerprint density at radius 3 is 2.41 bits per heavy atom. The fourth-order valence-electron chi connectivity index (χ4n) is 3.48. The van der Waals surface area contributed by atoms with E-state index in [0.29, 0.717) is 18.3 Å². The molecule has 1 aliphatic rings. The van der Waals surface area contributed by atoms with Gasteiger partial charge in [-0.2, -0.15) is 0 Å². The third-order valence-electron chi connectivity index (χ3n) is 4.81. The predicted octanol–water partition coefficient (Wildman–Crippen LogP) is 4.39. The van der Waals surface area contributed by atoms with E-state index in [2.05, 4.69) is 0 Å². The van der Waals surface area contributed by atoms with Gasteiger partial charge in [0.05, 0.1) is 5.92 Å². The summed E-state index contributed by atoms with van der Waals surface area (Å²) in [6, 6.07) is 13.4. The van der Waals surface area contributed by atoms with Crippen molar-refractivity contribution in [2.75, 3.05) is 0 Å². The van der Waals surface area contributed by atoms with Crippen molar-refractivity contribution in [1.29, 1.82) is 0 Å². The molecule has 0 bridgehead atoms. The monoisotopic (exact) mass is 397 g/mol. The van der Waals surface area contributed by atoms with E-state index in [4.69, 9.17) is 4.74 Å². The quantitative estimate of drug-likeness (QED) is 0.567. The largest absolute Gasteiger partial charge is 0.443 e. The molecule has 0 radical (unpaired) electrons. The number of nitrogens with zero attached hydrogens (tertiary/aromatic N) is 1. The standard InChI is InChI=1S/C23H24FNO4/c1-23(2,3)29-22(28)25-18(13-17(14-26)21(25)27)12-15-8-10-16(11-9-15)19-6-4-5-7-20(19)24/h4-11,14,17-18H,12-13H2,1-3H3. The fraction of sp³-hybridized carbons (Fsp3) is 0.348. The van der Waals surface area contributed by atoms with Gasteiger partial charge in [-0.1, -0.05) is 42.5 Å². The van der Waals surface area contributed by atoms with Gasteiger partial charge in [0.1, 0.15) is 17.7 Å². The Bertz CT molecular complexity index is 917. The second-order valence-electron chi connectivity index (χ2n) is 8.20. The fourth-order valence-corrected chi connectivity index (χ4v) is 3.48. The zero-order valence-electron chi connectivity index (χ0n) is 16.7. The third kappa shape index (κ3) is 4.70. The highest BCUT2D eigenvalue weighted by Gasteiger charge is 2.44. The number of benzene rings is 2. The topological polar surface area (TPSA) is 63.7 Å². The van der Waals surface area contributed by atoms with Crippen molar-refractivity contribution < 1.29 is 23.5 Å². The summed E-state index contributed by atoms with van der Waals surface area (Å²) in [4.78, 5) is 37.4. The summed E-state index contributed by atoms with van der Waals surface area (Å²) in [6.07, 6.45) is 0.504. The number of ether oxygens (including phenoxy) is 1. The van der Waals surface area contributed by atoms with Crippen molar-refractivity contribution in [1.82, 2.24) is 4.90 Å². The van der Waals surface area contributed by atoms with Crippen molar-refractivity contribution in [3.8, 4) is 11.1 Å². The van der Waals surface area contributed by atoms with Gasteiger partial charge in [-0.15, -0.1) is 0 Å². The summed E-state index contributed by atoms with van der Waals surface area (Å²) in [7, 11) is 0. The maximum Gasteiger partial charge on any atom is 0.417 e. The van der Waals surface area contributed by atoms with Gasteiger partial charge in [0.25, 0.3) is 0 Å². The first kappa shape index (κ1) is 20.7. The Balaban J connectivity index is 1.79. The van der Waals surface area contributed by atoms with Crippen LogP contribution >= 0.6 is 0 Å². The number of halogens is 1. The SMILES string of the molecule is CC(C)(C)OC(=O)N1C(=O)C(C=O)CC1Cc1ccc(-c2ccccc2F)cc1. The van der Waals surface area contributed by atoms with E-state index in [-0.39, 0.29) is 12.2 Å². The average molecular weight is 397 g/mol. The highest BCUT2D eigenvalue weighted by atomic mass is 19.1. The van der Waals surface area contributed by atoms with Gasteiger partial charge in [-0.25, -0.2) is 14.1 Å². The highest BCUT2D eigenvalue weighted by molar-refractivity contribution is 6.02. The van der Waals surface area contributed by atoms with Crippen LogP contribution in [0.4, 0.5) is 9.18 Å². The minimum Gasteiger partial charge on any atom is -0.443 e. The van der Waals surface area contributed by atoms with Crippen molar-refractivity contribution in [3.05, 3.63) is 59.9 Å². The molecule has 0 saturated carbocycles. The predicted molar refractivity (Wildman–Crippen MR) is 107 cm³/mol. The zero-order valence-corrected chi connectivity index (χ0v) is 16.7. The molecule has 1 saturated heterocycles.